The zero-order chi connectivity index (χ0) is 24.9. The number of aryl methyl sites for hydroxylation is 1. The first-order chi connectivity index (χ1) is 16.2. The summed E-state index contributed by atoms with van der Waals surface area (Å²) in [5.41, 5.74) is 2.29. The van der Waals surface area contributed by atoms with Crippen molar-refractivity contribution in [1.82, 2.24) is 9.55 Å². The number of ether oxygens (including phenoxy) is 1. The van der Waals surface area contributed by atoms with Crippen LogP contribution in [0.5, 0.6) is 0 Å². The van der Waals surface area contributed by atoms with Gasteiger partial charge in [-0.3, -0.25) is 4.21 Å². The lowest BCUT2D eigenvalue weighted by Crippen LogP contribution is -2.17. The first kappa shape index (κ1) is 25.8. The molecule has 0 aliphatic heterocycles. The molecule has 10 heteroatoms. The lowest BCUT2D eigenvalue weighted by Gasteiger charge is -2.13. The van der Waals surface area contributed by atoms with Crippen molar-refractivity contribution >= 4 is 26.8 Å². The summed E-state index contributed by atoms with van der Waals surface area (Å²) < 4.78 is 43.3. The van der Waals surface area contributed by atoms with Crippen LogP contribution >= 0.6 is 0 Å². The first-order valence-electron chi connectivity index (χ1n) is 11.0. The number of nitrogens with two attached hydrogens (primary N) is 1. The van der Waals surface area contributed by atoms with Gasteiger partial charge in [0.25, 0.3) is 0 Å². The van der Waals surface area contributed by atoms with Crippen molar-refractivity contribution in [3.8, 4) is 11.1 Å². The van der Waals surface area contributed by atoms with Gasteiger partial charge in [-0.2, -0.15) is 0 Å². The van der Waals surface area contributed by atoms with Crippen LogP contribution in [0.4, 0.5) is 0 Å². The minimum absolute atomic E-state index is 0.0545. The second-order valence-electron chi connectivity index (χ2n) is 7.78. The molecule has 1 heterocycles. The number of carbonyl (C=O) groups excluding carboxylic acids is 1. The van der Waals surface area contributed by atoms with E-state index in [0.29, 0.717) is 29.9 Å². The molecule has 8 nitrogen and oxygen atoms in total. The highest BCUT2D eigenvalue weighted by atomic mass is 32.2. The van der Waals surface area contributed by atoms with Crippen molar-refractivity contribution in [2.24, 2.45) is 5.14 Å². The predicted octanol–water partition coefficient (Wildman–Crippen LogP) is 3.50. The number of nitrogens with zero attached hydrogens (tertiary/aromatic N) is 2. The number of rotatable bonds is 10. The highest BCUT2D eigenvalue weighted by Crippen LogP contribution is 2.27. The third-order valence-corrected chi connectivity index (χ3v) is 7.11. The van der Waals surface area contributed by atoms with Crippen LogP contribution in [-0.2, 0) is 38.5 Å². The standard InChI is InChI=1S/C24H29N3O5S2/c1-4-6-11-21-26-23(33(3)29)22(24(28)32-5-2)27(21)16-17-12-14-18(15-13-17)19-9-7-8-10-20(19)34(25,30)31/h7-10,12-15H,4-6,11,16H2,1-3H3,(H2,25,30,31). The molecule has 0 bridgehead atoms. The third-order valence-electron chi connectivity index (χ3n) is 5.31. The smallest absolute Gasteiger partial charge is 0.357 e. The Morgan fingerprint density at radius 1 is 1.12 bits per heavy atom. The molecule has 0 radical (unpaired) electrons. The number of hydrogen-bond donors (Lipinski definition) is 1. The topological polar surface area (TPSA) is 121 Å². The highest BCUT2D eigenvalue weighted by Gasteiger charge is 2.26. The molecule has 0 amide bonds. The summed E-state index contributed by atoms with van der Waals surface area (Å²) in [5.74, 6) is 0.125. The van der Waals surface area contributed by atoms with Gasteiger partial charge in [-0.1, -0.05) is 55.8 Å². The number of sulfonamides is 1. The van der Waals surface area contributed by atoms with Crippen molar-refractivity contribution in [2.75, 3.05) is 12.9 Å². The van der Waals surface area contributed by atoms with E-state index < -0.39 is 26.8 Å². The molecule has 0 aliphatic carbocycles. The number of imidazole rings is 1. The number of unbranched alkanes of at least 4 members (excludes halogenated alkanes) is 1. The van der Waals surface area contributed by atoms with Gasteiger partial charge >= 0.3 is 5.97 Å². The summed E-state index contributed by atoms with van der Waals surface area (Å²) in [6.45, 7) is 4.31. The van der Waals surface area contributed by atoms with E-state index >= 15 is 0 Å². The fraction of sp³-hybridized carbons (Fsp3) is 0.333. The van der Waals surface area contributed by atoms with Crippen LogP contribution in [0.15, 0.2) is 58.5 Å². The summed E-state index contributed by atoms with van der Waals surface area (Å²) in [4.78, 5) is 17.3. The van der Waals surface area contributed by atoms with Gasteiger partial charge in [0, 0.05) is 24.8 Å². The lowest BCUT2D eigenvalue weighted by atomic mass is 10.0. The molecule has 0 fully saturated rings. The number of hydrogen-bond acceptors (Lipinski definition) is 6. The Balaban J connectivity index is 2.03. The van der Waals surface area contributed by atoms with E-state index in [9.17, 15) is 17.4 Å². The average Bonchev–Trinajstić information content (AvgIpc) is 3.16. The molecule has 1 atom stereocenters. The molecule has 2 aromatic carbocycles. The summed E-state index contributed by atoms with van der Waals surface area (Å²) in [5, 5.41) is 5.60. The van der Waals surface area contributed by atoms with E-state index in [1.807, 2.05) is 24.3 Å². The fourth-order valence-corrected chi connectivity index (χ4v) is 5.15. The first-order valence-corrected chi connectivity index (χ1v) is 14.1. The fourth-order valence-electron chi connectivity index (χ4n) is 3.69. The molecule has 3 aromatic rings. The number of benzene rings is 2. The highest BCUT2D eigenvalue weighted by molar-refractivity contribution is 7.89. The van der Waals surface area contributed by atoms with E-state index in [1.54, 1.807) is 29.7 Å². The SMILES string of the molecule is CCCCc1nc(S(C)=O)c(C(=O)OCC)n1Cc1ccc(-c2ccccc2S(N)(=O)=O)cc1. The lowest BCUT2D eigenvalue weighted by molar-refractivity contribution is 0.0509. The predicted molar refractivity (Wildman–Crippen MR) is 131 cm³/mol. The van der Waals surface area contributed by atoms with E-state index in [-0.39, 0.29) is 22.2 Å². The molecule has 3 rings (SSSR count). The average molecular weight is 504 g/mol. The van der Waals surface area contributed by atoms with Crippen LogP contribution in [0.3, 0.4) is 0 Å². The van der Waals surface area contributed by atoms with Crippen molar-refractivity contribution in [2.45, 2.75) is 49.6 Å². The molecule has 1 unspecified atom stereocenters. The number of aromatic nitrogens is 2. The van der Waals surface area contributed by atoms with Gasteiger partial charge in [-0.05, 0) is 30.5 Å². The Kier molecular flexibility index (Phi) is 8.40. The number of primary sulfonamides is 1. The van der Waals surface area contributed by atoms with Crippen LogP contribution in [0.2, 0.25) is 0 Å². The minimum Gasteiger partial charge on any atom is -0.461 e. The van der Waals surface area contributed by atoms with Gasteiger partial charge in [0.2, 0.25) is 10.0 Å². The van der Waals surface area contributed by atoms with Crippen LogP contribution < -0.4 is 5.14 Å². The molecular formula is C24H29N3O5S2. The summed E-state index contributed by atoms with van der Waals surface area (Å²) in [6, 6.07) is 13.9. The molecule has 34 heavy (non-hydrogen) atoms. The monoisotopic (exact) mass is 503 g/mol. The van der Waals surface area contributed by atoms with Gasteiger partial charge in [-0.15, -0.1) is 0 Å². The molecule has 182 valence electrons. The maximum Gasteiger partial charge on any atom is 0.357 e. The Morgan fingerprint density at radius 2 is 1.79 bits per heavy atom. The van der Waals surface area contributed by atoms with Gasteiger partial charge in [0.15, 0.2) is 10.7 Å². The molecule has 0 saturated heterocycles. The van der Waals surface area contributed by atoms with E-state index in [4.69, 9.17) is 9.88 Å². The van der Waals surface area contributed by atoms with Crippen LogP contribution in [0.1, 0.15) is 48.6 Å². The normalized spacial score (nSPS) is 12.5. The molecular weight excluding hydrogens is 474 g/mol. The number of esters is 1. The maximum absolute atomic E-state index is 12.8. The zero-order valence-corrected chi connectivity index (χ0v) is 21.1. The van der Waals surface area contributed by atoms with Gasteiger partial charge in [-0.25, -0.2) is 23.3 Å². The quantitative estimate of drug-likeness (QED) is 0.423. The number of carbonyl (C=O) groups is 1. The maximum atomic E-state index is 12.8. The van der Waals surface area contributed by atoms with Crippen LogP contribution in [-0.4, -0.2) is 41.0 Å². The molecule has 0 aliphatic rings. The van der Waals surface area contributed by atoms with Crippen molar-refractivity contribution in [3.63, 3.8) is 0 Å². The second kappa shape index (κ2) is 11.1. The minimum atomic E-state index is -3.87. The zero-order valence-electron chi connectivity index (χ0n) is 19.5. The Hall–Kier alpha value is -2.82. The van der Waals surface area contributed by atoms with Crippen LogP contribution in [0.25, 0.3) is 11.1 Å². The van der Waals surface area contributed by atoms with E-state index in [2.05, 4.69) is 11.9 Å². The Bertz CT molecular complexity index is 1300. The largest absolute Gasteiger partial charge is 0.461 e. The molecule has 0 saturated carbocycles. The van der Waals surface area contributed by atoms with Crippen molar-refractivity contribution in [1.29, 1.82) is 0 Å². The van der Waals surface area contributed by atoms with Gasteiger partial charge in [0.05, 0.1) is 22.3 Å². The summed E-state index contributed by atoms with van der Waals surface area (Å²) >= 11 is 0. The summed E-state index contributed by atoms with van der Waals surface area (Å²) in [6.07, 6.45) is 3.96. The van der Waals surface area contributed by atoms with E-state index in [1.165, 1.54) is 12.3 Å². The Morgan fingerprint density at radius 3 is 2.38 bits per heavy atom. The second-order valence-corrected chi connectivity index (χ2v) is 10.6. The van der Waals surface area contributed by atoms with Gasteiger partial charge in [0.1, 0.15) is 5.82 Å². The van der Waals surface area contributed by atoms with Crippen molar-refractivity contribution < 1.29 is 22.2 Å². The summed E-state index contributed by atoms with van der Waals surface area (Å²) in [7, 11) is -5.33. The van der Waals surface area contributed by atoms with Crippen molar-refractivity contribution in [3.05, 3.63) is 65.6 Å². The molecule has 2 N–H and O–H groups in total. The Labute approximate surface area is 202 Å². The van der Waals surface area contributed by atoms with E-state index in [0.717, 1.165) is 18.4 Å². The molecule has 1 aromatic heterocycles. The molecule has 0 spiro atoms. The van der Waals surface area contributed by atoms with Crippen LogP contribution in [0, 0.1) is 0 Å². The van der Waals surface area contributed by atoms with Gasteiger partial charge < -0.3 is 9.30 Å². The third kappa shape index (κ3) is 5.81.